The summed E-state index contributed by atoms with van der Waals surface area (Å²) >= 11 is 1.88. The molecular formula is C19H33N3O2S. The molecule has 0 radical (unpaired) electrons. The SMILES string of the molecule is CCNC(=NCC1(c2cccs2)CCCCC1)NCCOCCOC. The minimum absolute atomic E-state index is 0.226. The minimum Gasteiger partial charge on any atom is -0.382 e. The van der Waals surface area contributed by atoms with E-state index in [9.17, 15) is 0 Å². The molecule has 1 fully saturated rings. The van der Waals surface area contributed by atoms with Crippen LogP contribution in [-0.2, 0) is 14.9 Å². The van der Waals surface area contributed by atoms with E-state index < -0.39 is 0 Å². The summed E-state index contributed by atoms with van der Waals surface area (Å²) in [6, 6.07) is 4.45. The fraction of sp³-hybridized carbons (Fsp3) is 0.737. The molecule has 6 heteroatoms. The first kappa shape index (κ1) is 20.2. The first-order valence-corrected chi connectivity index (χ1v) is 10.3. The van der Waals surface area contributed by atoms with E-state index in [0.29, 0.717) is 19.8 Å². The first-order chi connectivity index (χ1) is 12.3. The molecule has 2 N–H and O–H groups in total. The van der Waals surface area contributed by atoms with Gasteiger partial charge in [-0.2, -0.15) is 0 Å². The predicted octanol–water partition coefficient (Wildman–Crippen LogP) is 3.17. The molecule has 2 rings (SSSR count). The number of guanidine groups is 1. The molecule has 1 aliphatic carbocycles. The summed E-state index contributed by atoms with van der Waals surface area (Å²) in [5.41, 5.74) is 0.226. The van der Waals surface area contributed by atoms with Crippen LogP contribution < -0.4 is 10.6 Å². The van der Waals surface area contributed by atoms with Crippen molar-refractivity contribution in [3.8, 4) is 0 Å². The molecule has 1 heterocycles. The Morgan fingerprint density at radius 3 is 2.72 bits per heavy atom. The average Bonchev–Trinajstić information content (AvgIpc) is 3.19. The zero-order valence-electron chi connectivity index (χ0n) is 15.7. The van der Waals surface area contributed by atoms with Gasteiger partial charge in [0.2, 0.25) is 0 Å². The summed E-state index contributed by atoms with van der Waals surface area (Å²) in [7, 11) is 1.69. The molecule has 0 aromatic carbocycles. The third kappa shape index (κ3) is 6.60. The highest BCUT2D eigenvalue weighted by atomic mass is 32.1. The number of ether oxygens (including phenoxy) is 2. The summed E-state index contributed by atoms with van der Waals surface area (Å²) in [4.78, 5) is 6.42. The van der Waals surface area contributed by atoms with Crippen LogP contribution >= 0.6 is 11.3 Å². The Kier molecular flexibility index (Phi) is 9.29. The van der Waals surface area contributed by atoms with Crippen molar-refractivity contribution in [2.45, 2.75) is 44.4 Å². The van der Waals surface area contributed by atoms with Gasteiger partial charge in [0, 0.05) is 30.5 Å². The average molecular weight is 368 g/mol. The van der Waals surface area contributed by atoms with E-state index in [-0.39, 0.29) is 5.41 Å². The van der Waals surface area contributed by atoms with Crippen molar-refractivity contribution >= 4 is 17.3 Å². The highest BCUT2D eigenvalue weighted by Gasteiger charge is 2.34. The largest absolute Gasteiger partial charge is 0.382 e. The molecule has 0 unspecified atom stereocenters. The Morgan fingerprint density at radius 1 is 1.20 bits per heavy atom. The van der Waals surface area contributed by atoms with Crippen LogP contribution in [0, 0.1) is 0 Å². The Morgan fingerprint density at radius 2 is 2.04 bits per heavy atom. The lowest BCUT2D eigenvalue weighted by Gasteiger charge is -2.35. The monoisotopic (exact) mass is 367 g/mol. The van der Waals surface area contributed by atoms with Gasteiger partial charge in [-0.25, -0.2) is 0 Å². The number of thiophene rings is 1. The fourth-order valence-electron chi connectivity index (χ4n) is 3.35. The van der Waals surface area contributed by atoms with Crippen LogP contribution in [0.4, 0.5) is 0 Å². The van der Waals surface area contributed by atoms with Gasteiger partial charge in [0.25, 0.3) is 0 Å². The second-order valence-electron chi connectivity index (χ2n) is 6.55. The van der Waals surface area contributed by atoms with E-state index in [0.717, 1.165) is 25.6 Å². The van der Waals surface area contributed by atoms with Gasteiger partial charge in [-0.3, -0.25) is 4.99 Å². The van der Waals surface area contributed by atoms with E-state index in [1.807, 2.05) is 11.3 Å². The van der Waals surface area contributed by atoms with E-state index in [1.165, 1.54) is 37.0 Å². The van der Waals surface area contributed by atoms with Gasteiger partial charge in [0.15, 0.2) is 5.96 Å². The van der Waals surface area contributed by atoms with E-state index in [1.54, 1.807) is 7.11 Å². The van der Waals surface area contributed by atoms with Gasteiger partial charge in [-0.15, -0.1) is 11.3 Å². The van der Waals surface area contributed by atoms with Crippen molar-refractivity contribution in [3.63, 3.8) is 0 Å². The Balaban J connectivity index is 1.90. The van der Waals surface area contributed by atoms with E-state index >= 15 is 0 Å². The van der Waals surface area contributed by atoms with Gasteiger partial charge >= 0.3 is 0 Å². The van der Waals surface area contributed by atoms with Crippen molar-refractivity contribution in [1.29, 1.82) is 0 Å². The summed E-state index contributed by atoms with van der Waals surface area (Å²) in [6.07, 6.45) is 6.47. The normalized spacial score (nSPS) is 17.4. The number of aliphatic imine (C=N–C) groups is 1. The first-order valence-electron chi connectivity index (χ1n) is 9.43. The summed E-state index contributed by atoms with van der Waals surface area (Å²) in [6.45, 7) is 6.49. The smallest absolute Gasteiger partial charge is 0.191 e. The second kappa shape index (κ2) is 11.5. The molecule has 1 aromatic heterocycles. The van der Waals surface area contributed by atoms with Crippen molar-refractivity contribution < 1.29 is 9.47 Å². The Labute approximate surface area is 156 Å². The van der Waals surface area contributed by atoms with Gasteiger partial charge in [-0.1, -0.05) is 25.3 Å². The minimum atomic E-state index is 0.226. The number of methoxy groups -OCH3 is 1. The Hall–Kier alpha value is -1.11. The van der Waals surface area contributed by atoms with Crippen molar-refractivity contribution in [2.75, 3.05) is 46.6 Å². The molecule has 1 aliphatic rings. The molecule has 1 saturated carbocycles. The zero-order chi connectivity index (χ0) is 17.8. The number of rotatable bonds is 10. The molecular weight excluding hydrogens is 334 g/mol. The van der Waals surface area contributed by atoms with E-state index in [4.69, 9.17) is 14.5 Å². The third-order valence-electron chi connectivity index (χ3n) is 4.71. The molecule has 0 saturated heterocycles. The lowest BCUT2D eigenvalue weighted by atomic mass is 9.73. The van der Waals surface area contributed by atoms with Crippen LogP contribution in [0.15, 0.2) is 22.5 Å². The lowest BCUT2D eigenvalue weighted by molar-refractivity contribution is 0.0733. The maximum absolute atomic E-state index is 5.51. The molecule has 142 valence electrons. The Bertz CT molecular complexity index is 485. The van der Waals surface area contributed by atoms with Gasteiger partial charge < -0.3 is 20.1 Å². The zero-order valence-corrected chi connectivity index (χ0v) is 16.5. The van der Waals surface area contributed by atoms with Crippen LogP contribution in [-0.4, -0.2) is 52.5 Å². The van der Waals surface area contributed by atoms with Gasteiger partial charge in [-0.05, 0) is 31.2 Å². The maximum atomic E-state index is 5.51. The van der Waals surface area contributed by atoms with Crippen LogP contribution in [0.3, 0.4) is 0 Å². The van der Waals surface area contributed by atoms with Gasteiger partial charge in [0.05, 0.1) is 26.4 Å². The van der Waals surface area contributed by atoms with Crippen molar-refractivity contribution in [2.24, 2.45) is 4.99 Å². The summed E-state index contributed by atoms with van der Waals surface area (Å²) in [5, 5.41) is 8.92. The maximum Gasteiger partial charge on any atom is 0.191 e. The fourth-order valence-corrected chi connectivity index (χ4v) is 4.33. The molecule has 25 heavy (non-hydrogen) atoms. The molecule has 5 nitrogen and oxygen atoms in total. The summed E-state index contributed by atoms with van der Waals surface area (Å²) in [5.74, 6) is 0.888. The number of nitrogens with zero attached hydrogens (tertiary/aromatic N) is 1. The van der Waals surface area contributed by atoms with E-state index in [2.05, 4.69) is 35.1 Å². The summed E-state index contributed by atoms with van der Waals surface area (Å²) < 4.78 is 10.5. The number of nitrogens with one attached hydrogen (secondary N) is 2. The molecule has 0 spiro atoms. The highest BCUT2D eigenvalue weighted by Crippen LogP contribution is 2.41. The molecule has 1 aromatic rings. The molecule has 0 atom stereocenters. The van der Waals surface area contributed by atoms with Crippen molar-refractivity contribution in [3.05, 3.63) is 22.4 Å². The molecule has 0 amide bonds. The standard InChI is InChI=1S/C19H33N3O2S/c1-3-20-18(21-11-12-24-14-13-23-2)22-16-19(9-5-4-6-10-19)17-8-7-15-25-17/h7-8,15H,3-6,9-14,16H2,1-2H3,(H2,20,21,22). The number of hydrogen-bond donors (Lipinski definition) is 2. The van der Waals surface area contributed by atoms with Crippen LogP contribution in [0.5, 0.6) is 0 Å². The quantitative estimate of drug-likeness (QED) is 0.379. The van der Waals surface area contributed by atoms with Crippen LogP contribution in [0.1, 0.15) is 43.9 Å². The predicted molar refractivity (Wildman–Crippen MR) is 106 cm³/mol. The van der Waals surface area contributed by atoms with Crippen LogP contribution in [0.25, 0.3) is 0 Å². The highest BCUT2D eigenvalue weighted by molar-refractivity contribution is 7.10. The number of hydrogen-bond acceptors (Lipinski definition) is 4. The third-order valence-corrected chi connectivity index (χ3v) is 5.83. The van der Waals surface area contributed by atoms with Crippen LogP contribution in [0.2, 0.25) is 0 Å². The van der Waals surface area contributed by atoms with Crippen molar-refractivity contribution in [1.82, 2.24) is 10.6 Å². The lowest BCUT2D eigenvalue weighted by Crippen LogP contribution is -2.41. The van der Waals surface area contributed by atoms with Gasteiger partial charge in [0.1, 0.15) is 0 Å². The second-order valence-corrected chi connectivity index (χ2v) is 7.49. The molecule has 0 aliphatic heterocycles. The molecule has 0 bridgehead atoms. The topological polar surface area (TPSA) is 54.9 Å².